The maximum Gasteiger partial charge on any atom is 0.175 e. The van der Waals surface area contributed by atoms with Gasteiger partial charge in [0.1, 0.15) is 23.3 Å². The molecule has 1 fully saturated rings. The van der Waals surface area contributed by atoms with Gasteiger partial charge < -0.3 is 14.6 Å². The summed E-state index contributed by atoms with van der Waals surface area (Å²) >= 11 is 0. The summed E-state index contributed by atoms with van der Waals surface area (Å²) in [6, 6.07) is 21.6. The second-order valence-electron chi connectivity index (χ2n) is 7.61. The number of pyridine rings is 1. The van der Waals surface area contributed by atoms with Crippen LogP contribution in [0.2, 0.25) is 0 Å². The van der Waals surface area contributed by atoms with Gasteiger partial charge in [-0.25, -0.2) is 0 Å². The largest absolute Gasteiger partial charge is 0.497 e. The maximum atomic E-state index is 12.0. The molecule has 1 saturated carbocycles. The zero-order valence-electron chi connectivity index (χ0n) is 16.0. The third-order valence-corrected chi connectivity index (χ3v) is 6.27. The van der Waals surface area contributed by atoms with E-state index in [1.165, 1.54) is 6.20 Å². The molecule has 0 amide bonds. The van der Waals surface area contributed by atoms with Crippen molar-refractivity contribution in [2.45, 2.75) is 30.0 Å². The molecule has 5 rings (SSSR count). The second-order valence-corrected chi connectivity index (χ2v) is 7.61. The van der Waals surface area contributed by atoms with Gasteiger partial charge in [-0.05, 0) is 36.1 Å². The third kappa shape index (κ3) is 2.33. The van der Waals surface area contributed by atoms with Crippen LogP contribution in [0.1, 0.15) is 41.1 Å². The van der Waals surface area contributed by atoms with E-state index in [1.807, 2.05) is 42.5 Å². The lowest BCUT2D eigenvalue weighted by atomic mass is 9.73. The summed E-state index contributed by atoms with van der Waals surface area (Å²) in [4.78, 5) is 4.45. The van der Waals surface area contributed by atoms with Gasteiger partial charge in [0, 0.05) is 18.2 Å². The molecule has 5 nitrogen and oxygen atoms in total. The highest BCUT2D eigenvalue weighted by Crippen LogP contribution is 2.66. The van der Waals surface area contributed by atoms with Crippen LogP contribution in [0.5, 0.6) is 11.5 Å². The molecule has 3 atom stereocenters. The van der Waals surface area contributed by atoms with Gasteiger partial charge in [-0.1, -0.05) is 42.5 Å². The van der Waals surface area contributed by atoms with E-state index in [4.69, 9.17) is 9.47 Å². The van der Waals surface area contributed by atoms with Gasteiger partial charge >= 0.3 is 0 Å². The molecule has 2 aliphatic rings. The number of nitrogens with zero attached hydrogens (tertiary/aromatic N) is 2. The molecule has 1 aromatic heterocycles. The number of fused-ring (bicyclic) bond motifs is 3. The molecule has 1 aliphatic heterocycles. The SMILES string of the molecule is COc1ccc(C23Oc4cc(C#N)cnc4C2(O)CC[C@H]3c2ccccc2)cc1. The summed E-state index contributed by atoms with van der Waals surface area (Å²) in [5.74, 6) is 1.15. The number of nitriles is 1. The van der Waals surface area contributed by atoms with Gasteiger partial charge in [-0.2, -0.15) is 5.26 Å². The fourth-order valence-electron chi connectivity index (χ4n) is 4.97. The predicted molar refractivity (Wildman–Crippen MR) is 107 cm³/mol. The van der Waals surface area contributed by atoms with E-state index >= 15 is 0 Å². The lowest BCUT2D eigenvalue weighted by Crippen LogP contribution is -2.48. The molecule has 3 aromatic rings. The number of aromatic nitrogens is 1. The Balaban J connectivity index is 1.74. The first-order valence-corrected chi connectivity index (χ1v) is 9.64. The van der Waals surface area contributed by atoms with Gasteiger partial charge in [-0.3, -0.25) is 4.98 Å². The minimum absolute atomic E-state index is 0.0677. The lowest BCUT2D eigenvalue weighted by molar-refractivity contribution is -0.107. The van der Waals surface area contributed by atoms with E-state index < -0.39 is 11.2 Å². The van der Waals surface area contributed by atoms with E-state index in [0.717, 1.165) is 23.3 Å². The number of ether oxygens (including phenoxy) is 2. The Morgan fingerprint density at radius 2 is 1.93 bits per heavy atom. The van der Waals surface area contributed by atoms with Crippen LogP contribution in [0.15, 0.2) is 66.9 Å². The Labute approximate surface area is 169 Å². The third-order valence-electron chi connectivity index (χ3n) is 6.27. The smallest absolute Gasteiger partial charge is 0.175 e. The minimum Gasteiger partial charge on any atom is -0.497 e. The van der Waals surface area contributed by atoms with Crippen LogP contribution in [0.3, 0.4) is 0 Å². The molecule has 2 heterocycles. The van der Waals surface area contributed by atoms with Crippen molar-refractivity contribution in [1.82, 2.24) is 4.98 Å². The van der Waals surface area contributed by atoms with Gasteiger partial charge in [0.2, 0.25) is 0 Å². The Kier molecular flexibility index (Phi) is 3.87. The fraction of sp³-hybridized carbons (Fsp3) is 0.250. The zero-order chi connectivity index (χ0) is 20.1. The van der Waals surface area contributed by atoms with Crippen molar-refractivity contribution in [3.8, 4) is 17.6 Å². The average molecular weight is 384 g/mol. The molecule has 2 aromatic carbocycles. The van der Waals surface area contributed by atoms with E-state index in [0.29, 0.717) is 23.4 Å². The summed E-state index contributed by atoms with van der Waals surface area (Å²) in [6.07, 6.45) is 2.78. The standard InChI is InChI=1S/C24H20N2O3/c1-28-19-9-7-18(8-10-19)24-20(17-5-3-2-4-6-17)11-12-23(24,27)22-21(29-24)13-16(14-25)15-26-22/h2-10,13,15,20,27H,11-12H2,1H3/t20-,23?,24?/m0/s1. The van der Waals surface area contributed by atoms with Crippen molar-refractivity contribution < 1.29 is 14.6 Å². The first-order chi connectivity index (χ1) is 14.1. The van der Waals surface area contributed by atoms with E-state index in [1.54, 1.807) is 13.2 Å². The van der Waals surface area contributed by atoms with E-state index in [2.05, 4.69) is 23.2 Å². The van der Waals surface area contributed by atoms with Crippen molar-refractivity contribution in [3.63, 3.8) is 0 Å². The van der Waals surface area contributed by atoms with Crippen LogP contribution in [-0.4, -0.2) is 17.2 Å². The van der Waals surface area contributed by atoms with Crippen molar-refractivity contribution in [1.29, 1.82) is 5.26 Å². The van der Waals surface area contributed by atoms with Crippen LogP contribution in [0.4, 0.5) is 0 Å². The summed E-state index contributed by atoms with van der Waals surface area (Å²) in [7, 11) is 1.63. The average Bonchev–Trinajstić information content (AvgIpc) is 3.21. The van der Waals surface area contributed by atoms with Gasteiger partial charge in [0.15, 0.2) is 11.2 Å². The van der Waals surface area contributed by atoms with E-state index in [-0.39, 0.29) is 5.92 Å². The van der Waals surface area contributed by atoms with Crippen LogP contribution >= 0.6 is 0 Å². The van der Waals surface area contributed by atoms with Gasteiger partial charge in [0.25, 0.3) is 0 Å². The number of methoxy groups -OCH3 is 1. The van der Waals surface area contributed by atoms with Crippen molar-refractivity contribution >= 4 is 0 Å². The van der Waals surface area contributed by atoms with E-state index in [9.17, 15) is 10.4 Å². The molecular formula is C24H20N2O3. The normalized spacial score (nSPS) is 26.9. The van der Waals surface area contributed by atoms with Crippen molar-refractivity contribution in [3.05, 3.63) is 89.2 Å². The number of benzene rings is 2. The minimum atomic E-state index is -1.29. The molecule has 0 bridgehead atoms. The molecule has 1 N–H and O–H groups in total. The van der Waals surface area contributed by atoms with Crippen molar-refractivity contribution in [2.75, 3.05) is 7.11 Å². The zero-order valence-corrected chi connectivity index (χ0v) is 16.0. The van der Waals surface area contributed by atoms with Gasteiger partial charge in [-0.15, -0.1) is 0 Å². The number of rotatable bonds is 3. The number of aliphatic hydroxyl groups is 1. The number of hydrogen-bond acceptors (Lipinski definition) is 5. The first kappa shape index (κ1) is 17.7. The molecular weight excluding hydrogens is 364 g/mol. The topological polar surface area (TPSA) is 75.4 Å². The Morgan fingerprint density at radius 3 is 2.62 bits per heavy atom. The highest BCUT2D eigenvalue weighted by atomic mass is 16.5. The molecule has 2 unspecified atom stereocenters. The number of hydrogen-bond donors (Lipinski definition) is 1. The molecule has 0 spiro atoms. The Bertz CT molecular complexity index is 1110. The van der Waals surface area contributed by atoms with Gasteiger partial charge in [0.05, 0.1) is 12.7 Å². The molecule has 0 radical (unpaired) electrons. The van der Waals surface area contributed by atoms with Crippen LogP contribution in [0, 0.1) is 11.3 Å². The maximum absolute atomic E-state index is 12.0. The van der Waals surface area contributed by atoms with Crippen LogP contribution in [-0.2, 0) is 11.2 Å². The molecule has 0 saturated heterocycles. The van der Waals surface area contributed by atoms with Crippen LogP contribution < -0.4 is 9.47 Å². The Morgan fingerprint density at radius 1 is 1.17 bits per heavy atom. The van der Waals surface area contributed by atoms with Crippen molar-refractivity contribution in [2.24, 2.45) is 0 Å². The second kappa shape index (κ2) is 6.33. The highest BCUT2D eigenvalue weighted by molar-refractivity contribution is 5.53. The van der Waals surface area contributed by atoms with Crippen LogP contribution in [0.25, 0.3) is 0 Å². The Hall–Kier alpha value is -3.36. The predicted octanol–water partition coefficient (Wildman–Crippen LogP) is 4.01. The highest BCUT2D eigenvalue weighted by Gasteiger charge is 2.69. The lowest BCUT2D eigenvalue weighted by Gasteiger charge is -2.39. The first-order valence-electron chi connectivity index (χ1n) is 9.64. The molecule has 29 heavy (non-hydrogen) atoms. The fourth-order valence-corrected chi connectivity index (χ4v) is 4.97. The summed E-state index contributed by atoms with van der Waals surface area (Å²) in [6.45, 7) is 0. The quantitative estimate of drug-likeness (QED) is 0.738. The monoisotopic (exact) mass is 384 g/mol. The molecule has 5 heteroatoms. The summed E-state index contributed by atoms with van der Waals surface area (Å²) in [5.41, 5.74) is 0.575. The summed E-state index contributed by atoms with van der Waals surface area (Å²) < 4.78 is 11.9. The molecule has 1 aliphatic carbocycles. The summed E-state index contributed by atoms with van der Waals surface area (Å²) in [5, 5.41) is 21.3. The molecule has 144 valence electrons.